The third kappa shape index (κ3) is 40.6. The maximum Gasteiger partial charge on any atom is 0.326 e. The van der Waals surface area contributed by atoms with Gasteiger partial charge in [0, 0.05) is 78.7 Å². The zero-order valence-corrected chi connectivity index (χ0v) is 39.7. The van der Waals surface area contributed by atoms with Crippen molar-refractivity contribution in [1.82, 2.24) is 20.9 Å². The number of likely N-dealkylation sites (N-methyl/N-ethyl adjacent to an activating group) is 1. The summed E-state index contributed by atoms with van der Waals surface area (Å²) < 4.78 is 0. The predicted molar refractivity (Wildman–Crippen MR) is 230 cm³/mol. The normalized spacial score (nSPS) is 12.1. The number of unbranched alkanes of at least 4 members (excludes halogenated alkanes) is 13. The standard InChI is InChI=1S/C36H68N6O8.C4H7BNO.CHO.Y/c1-3-42(2)35(48)29(38)21-17-19-27-40-34(47)28(37)20-16-18-26-39-31(43)25-24-30(36(49)50)41-32(44)22-14-12-10-8-6-4-5-7-9-11-13-15-23-33(45)46;1-4(2,6)3(5)7;1-2;/h28-30H,3-27,37-38H2,1-2H3,(H,39,43)(H,40,47)(H,41,44)(H,45,46)(H,49,50);6H,1-2H3;1H;/q;2*-1;/t28?,29-,30?;;;/m1.../s1. The first-order chi connectivity index (χ1) is 27.8. The molecule has 0 fully saturated rings. The minimum Gasteiger partial charge on any atom is -0.667 e. The molecule has 0 saturated heterocycles. The molecular weight excluding hydrogens is 850 g/mol. The van der Waals surface area contributed by atoms with E-state index in [1.165, 1.54) is 33.1 Å². The molecule has 60 heavy (non-hydrogen) atoms. The Morgan fingerprint density at radius 1 is 0.667 bits per heavy atom. The Morgan fingerprint density at radius 3 is 1.50 bits per heavy atom. The van der Waals surface area contributed by atoms with Crippen LogP contribution >= 0.6 is 0 Å². The van der Waals surface area contributed by atoms with Crippen molar-refractivity contribution in [2.45, 2.75) is 186 Å². The van der Waals surface area contributed by atoms with Crippen molar-refractivity contribution in [3.63, 3.8) is 0 Å². The number of carbonyl (C=O) groups excluding carboxylic acids is 6. The van der Waals surface area contributed by atoms with Crippen molar-refractivity contribution in [2.75, 3.05) is 26.7 Å². The van der Waals surface area contributed by atoms with Crippen LogP contribution in [0.15, 0.2) is 0 Å². The molecule has 0 aromatic carbocycles. The molecule has 0 heterocycles. The van der Waals surface area contributed by atoms with Gasteiger partial charge in [0.1, 0.15) is 6.04 Å². The van der Waals surface area contributed by atoms with Crippen molar-refractivity contribution in [2.24, 2.45) is 11.5 Å². The van der Waals surface area contributed by atoms with Crippen molar-refractivity contribution < 1.29 is 81.3 Å². The van der Waals surface area contributed by atoms with Crippen LogP contribution in [0.2, 0.25) is 0 Å². The van der Waals surface area contributed by atoms with E-state index in [1.54, 1.807) is 11.9 Å². The molecule has 0 aliphatic heterocycles. The van der Waals surface area contributed by atoms with Gasteiger partial charge in [-0.3, -0.25) is 30.8 Å². The zero-order chi connectivity index (χ0) is 45.6. The Bertz CT molecular complexity index is 1200. The van der Waals surface area contributed by atoms with Gasteiger partial charge in [-0.2, -0.15) is 0 Å². The second-order valence-corrected chi connectivity index (χ2v) is 15.3. The molecule has 19 heteroatoms. The summed E-state index contributed by atoms with van der Waals surface area (Å²) in [6, 6.07) is -2.32. The number of hydrogen-bond acceptors (Lipinski definition) is 10. The Kier molecular flexibility index (Phi) is 44.2. The van der Waals surface area contributed by atoms with Gasteiger partial charge in [0.15, 0.2) is 7.85 Å². The molecule has 0 aromatic heterocycles. The van der Waals surface area contributed by atoms with Crippen molar-refractivity contribution in [3.8, 4) is 0 Å². The third-order valence-electron chi connectivity index (χ3n) is 9.46. The van der Waals surface area contributed by atoms with Crippen LogP contribution in [0.25, 0.3) is 5.73 Å². The van der Waals surface area contributed by atoms with Crippen LogP contribution in [0, 0.1) is 0 Å². The largest absolute Gasteiger partial charge is 0.667 e. The molecule has 0 rings (SSSR count). The summed E-state index contributed by atoms with van der Waals surface area (Å²) in [6.07, 6.45) is 16.5. The molecule has 0 aromatic rings. The number of rotatable bonds is 34. The molecule has 2 unspecified atom stereocenters. The molecule has 0 aliphatic carbocycles. The summed E-state index contributed by atoms with van der Waals surface area (Å²) in [5.74, 6) is -2.85. The van der Waals surface area contributed by atoms with Crippen LogP contribution in [0.4, 0.5) is 0 Å². The average molecular weight is 927 g/mol. The summed E-state index contributed by atoms with van der Waals surface area (Å²) in [7, 11) is 6.46. The maximum atomic E-state index is 12.3. The zero-order valence-electron chi connectivity index (χ0n) is 36.9. The molecule has 17 nitrogen and oxygen atoms in total. The fourth-order valence-electron chi connectivity index (χ4n) is 5.46. The van der Waals surface area contributed by atoms with Crippen molar-refractivity contribution >= 4 is 55.9 Å². The number of nitrogens with two attached hydrogens (primary N) is 2. The molecular formula is C41H76BN7O10Y-2. The fraction of sp³-hybridized carbons (Fsp3) is 0.805. The van der Waals surface area contributed by atoms with E-state index >= 15 is 0 Å². The molecule has 0 saturated carbocycles. The molecule has 3 atom stereocenters. The summed E-state index contributed by atoms with van der Waals surface area (Å²) in [5.41, 5.74) is 17.1. The van der Waals surface area contributed by atoms with Gasteiger partial charge in [-0.1, -0.05) is 83.6 Å². The van der Waals surface area contributed by atoms with Gasteiger partial charge in [0.05, 0.1) is 17.8 Å². The van der Waals surface area contributed by atoms with E-state index in [1.807, 2.05) is 6.92 Å². The quantitative estimate of drug-likeness (QED) is 0.0210. The van der Waals surface area contributed by atoms with Gasteiger partial charge in [-0.05, 0) is 64.7 Å². The Morgan fingerprint density at radius 2 is 1.08 bits per heavy atom. The van der Waals surface area contributed by atoms with Crippen molar-refractivity contribution in [3.05, 3.63) is 5.73 Å². The number of nitrogens with zero attached hydrogens (tertiary/aromatic N) is 1. The van der Waals surface area contributed by atoms with Crippen LogP contribution in [-0.4, -0.2) is 121 Å². The second kappa shape index (κ2) is 41.6. The molecule has 10 N–H and O–H groups in total. The van der Waals surface area contributed by atoms with Crippen LogP contribution < -0.4 is 27.4 Å². The number of aliphatic carboxylic acids is 2. The Balaban J connectivity index is -0.00000141. The van der Waals surface area contributed by atoms with Gasteiger partial charge in [0.25, 0.3) is 0 Å². The topological polar surface area (TPSA) is 292 Å². The summed E-state index contributed by atoms with van der Waals surface area (Å²) in [5, 5.41) is 26.2. The van der Waals surface area contributed by atoms with Crippen LogP contribution in [-0.2, 0) is 71.1 Å². The maximum absolute atomic E-state index is 12.3. The van der Waals surface area contributed by atoms with Crippen LogP contribution in [0.5, 0.6) is 0 Å². The van der Waals surface area contributed by atoms with E-state index in [2.05, 4.69) is 22.7 Å². The fourth-order valence-corrected chi connectivity index (χ4v) is 5.46. The molecule has 4 amide bonds. The van der Waals surface area contributed by atoms with E-state index < -0.39 is 41.3 Å². The first kappa shape index (κ1) is 63.8. The molecule has 0 bridgehead atoms. The van der Waals surface area contributed by atoms with E-state index in [4.69, 9.17) is 34.9 Å². The number of hydrogen-bond donors (Lipinski definition) is 7. The monoisotopic (exact) mass is 926 g/mol. The average Bonchev–Trinajstić information content (AvgIpc) is 3.18. The van der Waals surface area contributed by atoms with Gasteiger partial charge in [0.2, 0.25) is 23.6 Å². The Hall–Kier alpha value is -2.79. The van der Waals surface area contributed by atoms with Gasteiger partial charge >= 0.3 is 11.9 Å². The van der Waals surface area contributed by atoms with E-state index in [-0.39, 0.29) is 82.0 Å². The second-order valence-electron chi connectivity index (χ2n) is 15.3. The minimum atomic E-state index is -1.17. The van der Waals surface area contributed by atoms with Crippen LogP contribution in [0.3, 0.4) is 0 Å². The minimum absolute atomic E-state index is 0. The number of carboxylic acid groups (broad SMARTS) is 2. The van der Waals surface area contributed by atoms with Crippen molar-refractivity contribution in [1.29, 1.82) is 0 Å². The predicted octanol–water partition coefficient (Wildman–Crippen LogP) is 3.82. The van der Waals surface area contributed by atoms with E-state index in [0.717, 1.165) is 51.4 Å². The summed E-state index contributed by atoms with van der Waals surface area (Å²) >= 11 is 0. The van der Waals surface area contributed by atoms with E-state index in [0.29, 0.717) is 64.6 Å². The number of carbonyl (C=O) groups is 7. The summed E-state index contributed by atoms with van der Waals surface area (Å²) in [6.45, 7) is 9.48. The molecule has 0 aliphatic rings. The Labute approximate surface area is 385 Å². The van der Waals surface area contributed by atoms with Gasteiger partial charge in [-0.25, -0.2) is 4.79 Å². The first-order valence-corrected chi connectivity index (χ1v) is 21.2. The smallest absolute Gasteiger partial charge is 0.326 e. The molecule has 3 radical (unpaired) electrons. The van der Waals surface area contributed by atoms with Gasteiger partial charge < -0.3 is 57.9 Å². The van der Waals surface area contributed by atoms with Gasteiger partial charge in [-0.15, -0.1) is 0 Å². The number of nitrogens with one attached hydrogen (secondary N) is 4. The summed E-state index contributed by atoms with van der Waals surface area (Å²) in [4.78, 5) is 90.3. The number of amides is 4. The third-order valence-corrected chi connectivity index (χ3v) is 9.46. The first-order valence-electron chi connectivity index (χ1n) is 21.2. The SMILES string of the molecule is CCN(C)C(=O)[C@H](N)CCCCNC(=O)C(N)CCCCNC(=O)CCC(NC(=O)CCCCCCCCCCCCCCC(=O)O)C(=O)O.[B]C(=O)C(C)(C)[NH-].[CH-]=O.[Y]. The molecule has 343 valence electrons. The molecule has 0 spiro atoms. The van der Waals surface area contributed by atoms with E-state index in [9.17, 15) is 38.7 Å². The van der Waals surface area contributed by atoms with Crippen LogP contribution in [0.1, 0.15) is 162 Å². The number of carboxylic acids is 2.